The second-order valence-corrected chi connectivity index (χ2v) is 2.89. The van der Waals surface area contributed by atoms with Crippen molar-refractivity contribution in [3.05, 3.63) is 5.92 Å². The molecule has 1 heterocycles. The van der Waals surface area contributed by atoms with Gasteiger partial charge in [0.25, 0.3) is 0 Å². The molecular formula is C7H12NO. The first-order chi connectivity index (χ1) is 4.18. The van der Waals surface area contributed by atoms with Crippen molar-refractivity contribution in [3.8, 4) is 0 Å². The molecule has 1 fully saturated rings. The molecule has 1 rings (SSSR count). The van der Waals surface area contributed by atoms with Crippen LogP contribution in [0.3, 0.4) is 0 Å². The average molecular weight is 126 g/mol. The monoisotopic (exact) mass is 126 g/mol. The molecule has 0 amide bonds. The van der Waals surface area contributed by atoms with E-state index in [9.17, 15) is 4.79 Å². The first kappa shape index (κ1) is 6.75. The number of hydrogen-bond acceptors (Lipinski definition) is 2. The Morgan fingerprint density at radius 2 is 2.11 bits per heavy atom. The van der Waals surface area contributed by atoms with Gasteiger partial charge < -0.3 is 0 Å². The van der Waals surface area contributed by atoms with Gasteiger partial charge in [-0.25, -0.2) is 0 Å². The highest BCUT2D eigenvalue weighted by molar-refractivity contribution is 5.87. The lowest BCUT2D eigenvalue weighted by Gasteiger charge is -2.30. The molecule has 0 aliphatic carbocycles. The number of rotatable bonds is 2. The molecule has 1 aliphatic heterocycles. The summed E-state index contributed by atoms with van der Waals surface area (Å²) in [6, 6.07) is 0. The maximum atomic E-state index is 10.4. The molecule has 0 N–H and O–H groups in total. The molecule has 0 aromatic carbocycles. The molecule has 0 bridgehead atoms. The molecule has 1 saturated heterocycles. The van der Waals surface area contributed by atoms with Crippen molar-refractivity contribution in [2.24, 2.45) is 0 Å². The first-order valence-electron chi connectivity index (χ1n) is 3.21. The third-order valence-electron chi connectivity index (χ3n) is 1.34. The minimum atomic E-state index is 0.372. The zero-order chi connectivity index (χ0) is 6.85. The summed E-state index contributed by atoms with van der Waals surface area (Å²) in [5.74, 6) is 1.75. The van der Waals surface area contributed by atoms with Crippen LogP contribution in [0.2, 0.25) is 0 Å². The molecule has 0 saturated carbocycles. The Kier molecular flexibility index (Phi) is 1.86. The number of Topliss-reactive ketones (excluding diaryl/α,β-unsaturated/α-hetero) is 1. The Labute approximate surface area is 55.8 Å². The van der Waals surface area contributed by atoms with Crippen LogP contribution >= 0.6 is 0 Å². The fourth-order valence-electron chi connectivity index (χ4n) is 1.01. The van der Waals surface area contributed by atoms with Gasteiger partial charge in [-0.2, -0.15) is 0 Å². The predicted molar refractivity (Wildman–Crippen MR) is 36.0 cm³/mol. The summed E-state index contributed by atoms with van der Waals surface area (Å²) < 4.78 is 0. The van der Waals surface area contributed by atoms with Gasteiger partial charge in [-0.15, -0.1) is 0 Å². The van der Waals surface area contributed by atoms with Crippen molar-refractivity contribution in [2.45, 2.75) is 13.8 Å². The summed E-state index contributed by atoms with van der Waals surface area (Å²) in [5.41, 5.74) is 0. The Bertz CT molecular complexity index is 112. The number of nitrogens with zero attached hydrogens (tertiary/aromatic N) is 1. The normalized spacial score (nSPS) is 20.6. The van der Waals surface area contributed by atoms with Crippen molar-refractivity contribution in [3.63, 3.8) is 0 Å². The van der Waals surface area contributed by atoms with E-state index in [1.807, 2.05) is 0 Å². The average Bonchev–Trinajstić information content (AvgIpc) is 1.60. The van der Waals surface area contributed by atoms with Gasteiger partial charge >= 0.3 is 0 Å². The highest BCUT2D eigenvalue weighted by Crippen LogP contribution is 2.06. The second kappa shape index (κ2) is 2.48. The maximum absolute atomic E-state index is 10.4. The summed E-state index contributed by atoms with van der Waals surface area (Å²) >= 11 is 0. The van der Waals surface area contributed by atoms with Crippen LogP contribution in [0.4, 0.5) is 0 Å². The van der Waals surface area contributed by atoms with Crippen molar-refractivity contribution < 1.29 is 4.79 Å². The molecule has 0 atom stereocenters. The number of hydrogen-bond donors (Lipinski definition) is 0. The van der Waals surface area contributed by atoms with Crippen LogP contribution in [-0.2, 0) is 4.79 Å². The van der Waals surface area contributed by atoms with E-state index in [0.29, 0.717) is 18.9 Å². The Morgan fingerprint density at radius 3 is 2.44 bits per heavy atom. The molecule has 9 heavy (non-hydrogen) atoms. The van der Waals surface area contributed by atoms with Gasteiger partial charge in [0, 0.05) is 6.54 Å². The Hall–Kier alpha value is -0.370. The van der Waals surface area contributed by atoms with Crippen LogP contribution < -0.4 is 0 Å². The number of likely N-dealkylation sites (tertiary alicyclic amines) is 1. The molecule has 0 unspecified atom stereocenters. The van der Waals surface area contributed by atoms with Crippen LogP contribution in [0, 0.1) is 5.92 Å². The molecule has 1 radical (unpaired) electrons. The number of ketones is 1. The lowest BCUT2D eigenvalue weighted by atomic mass is 10.1. The van der Waals surface area contributed by atoms with E-state index in [2.05, 4.69) is 18.7 Å². The molecule has 2 nitrogen and oxygen atoms in total. The minimum Gasteiger partial charge on any atom is -0.297 e. The SMILES string of the molecule is C[C](C)CN1CC(=O)C1. The van der Waals surface area contributed by atoms with Gasteiger partial charge in [0.1, 0.15) is 0 Å². The van der Waals surface area contributed by atoms with Crippen molar-refractivity contribution in [1.82, 2.24) is 4.90 Å². The Balaban J connectivity index is 2.11. The van der Waals surface area contributed by atoms with E-state index in [0.717, 1.165) is 6.54 Å². The summed E-state index contributed by atoms with van der Waals surface area (Å²) in [5, 5.41) is 0. The molecule has 0 aromatic heterocycles. The smallest absolute Gasteiger partial charge is 0.160 e. The predicted octanol–water partition coefficient (Wildman–Crippen LogP) is 0.485. The Morgan fingerprint density at radius 1 is 1.56 bits per heavy atom. The zero-order valence-electron chi connectivity index (χ0n) is 5.98. The van der Waals surface area contributed by atoms with E-state index in [-0.39, 0.29) is 0 Å². The van der Waals surface area contributed by atoms with E-state index in [1.165, 1.54) is 5.92 Å². The highest BCUT2D eigenvalue weighted by Gasteiger charge is 2.23. The third kappa shape index (κ3) is 1.79. The fraction of sp³-hybridized carbons (Fsp3) is 0.714. The van der Waals surface area contributed by atoms with Crippen LogP contribution in [0.15, 0.2) is 0 Å². The van der Waals surface area contributed by atoms with Crippen LogP contribution in [0.1, 0.15) is 13.8 Å². The van der Waals surface area contributed by atoms with Crippen LogP contribution in [-0.4, -0.2) is 30.3 Å². The van der Waals surface area contributed by atoms with Crippen LogP contribution in [0.5, 0.6) is 0 Å². The fourth-order valence-corrected chi connectivity index (χ4v) is 1.01. The number of carbonyl (C=O) groups excluding carboxylic acids is 1. The van der Waals surface area contributed by atoms with E-state index < -0.39 is 0 Å². The summed E-state index contributed by atoms with van der Waals surface area (Å²) in [6.07, 6.45) is 0. The molecule has 2 heteroatoms. The topological polar surface area (TPSA) is 20.3 Å². The van der Waals surface area contributed by atoms with Gasteiger partial charge in [-0.3, -0.25) is 9.69 Å². The molecule has 1 aliphatic rings. The molecule has 0 aromatic rings. The van der Waals surface area contributed by atoms with Gasteiger partial charge in [-0.1, -0.05) is 13.8 Å². The zero-order valence-corrected chi connectivity index (χ0v) is 5.98. The standard InChI is InChI=1S/C7H12NO/c1-6(2)3-8-4-7(9)5-8/h3-5H2,1-2H3. The lowest BCUT2D eigenvalue weighted by Crippen LogP contribution is -2.48. The molecule has 0 spiro atoms. The summed E-state index contributed by atoms with van der Waals surface area (Å²) in [4.78, 5) is 12.6. The minimum absolute atomic E-state index is 0.372. The van der Waals surface area contributed by atoms with Gasteiger partial charge in [0.05, 0.1) is 13.1 Å². The van der Waals surface area contributed by atoms with Crippen molar-refractivity contribution >= 4 is 5.78 Å². The molecule has 51 valence electrons. The van der Waals surface area contributed by atoms with Gasteiger partial charge in [0.15, 0.2) is 5.78 Å². The van der Waals surface area contributed by atoms with E-state index >= 15 is 0 Å². The van der Waals surface area contributed by atoms with Gasteiger partial charge in [-0.05, 0) is 5.92 Å². The van der Waals surface area contributed by atoms with Gasteiger partial charge in [0.2, 0.25) is 0 Å². The lowest BCUT2D eigenvalue weighted by molar-refractivity contribution is -0.128. The molecular weight excluding hydrogens is 114 g/mol. The summed E-state index contributed by atoms with van der Waals surface area (Å²) in [6.45, 7) is 6.51. The summed E-state index contributed by atoms with van der Waals surface area (Å²) in [7, 11) is 0. The van der Waals surface area contributed by atoms with Crippen molar-refractivity contribution in [2.75, 3.05) is 19.6 Å². The van der Waals surface area contributed by atoms with Crippen molar-refractivity contribution in [1.29, 1.82) is 0 Å². The maximum Gasteiger partial charge on any atom is 0.160 e. The number of carbonyl (C=O) groups is 1. The van der Waals surface area contributed by atoms with Crippen LogP contribution in [0.25, 0.3) is 0 Å². The largest absolute Gasteiger partial charge is 0.297 e. The quantitative estimate of drug-likeness (QED) is 0.536. The van der Waals surface area contributed by atoms with E-state index in [4.69, 9.17) is 0 Å². The van der Waals surface area contributed by atoms with E-state index in [1.54, 1.807) is 0 Å². The highest BCUT2D eigenvalue weighted by atomic mass is 16.1. The third-order valence-corrected chi connectivity index (χ3v) is 1.34. The first-order valence-corrected chi connectivity index (χ1v) is 3.21. The second-order valence-electron chi connectivity index (χ2n) is 2.89.